The van der Waals surface area contributed by atoms with Crippen molar-refractivity contribution in [1.29, 1.82) is 0 Å². The Bertz CT molecular complexity index is 1390. The minimum Gasteiger partial charge on any atom is -0.247 e. The third kappa shape index (κ3) is 5.18. The smallest absolute Gasteiger partial charge is 0.247 e. The molecule has 0 bridgehead atoms. The summed E-state index contributed by atoms with van der Waals surface area (Å²) in [6, 6.07) is 0. The maximum absolute atomic E-state index is 13.3. The highest BCUT2D eigenvalue weighted by molar-refractivity contribution is 4.97. The summed E-state index contributed by atoms with van der Waals surface area (Å²) in [6.45, 7) is 20.1. The van der Waals surface area contributed by atoms with Crippen molar-refractivity contribution in [3.05, 3.63) is 114 Å². The number of hydrogen-bond acceptors (Lipinski definition) is 6. The zero-order valence-corrected chi connectivity index (χ0v) is 21.8. The van der Waals surface area contributed by atoms with Crippen LogP contribution in [0.1, 0.15) is 34.1 Å². The van der Waals surface area contributed by atoms with Gasteiger partial charge in [-0.1, -0.05) is 24.3 Å². The van der Waals surface area contributed by atoms with Crippen molar-refractivity contribution in [3.63, 3.8) is 0 Å². The van der Waals surface area contributed by atoms with Crippen molar-refractivity contribution in [2.75, 3.05) is 0 Å². The SMILES string of the molecule is C=CCn1c(=O)n(CC=C)c(=O)n(C(C)(C)CC(C)(C)n2c(=O)n(CC=C)c(=O)n(CC=C)c2=O)c1=O. The molecule has 0 aliphatic heterocycles. The predicted octanol–water partition coefficient (Wildman–Crippen LogP) is -0.0387. The molecule has 0 unspecified atom stereocenters. The topological polar surface area (TPSA) is 132 Å². The molecule has 12 heteroatoms. The minimum absolute atomic E-state index is 0.0783. The summed E-state index contributed by atoms with van der Waals surface area (Å²) in [4.78, 5) is 78.8. The Kier molecular flexibility index (Phi) is 8.48. The molecule has 0 atom stereocenters. The molecule has 0 amide bonds. The van der Waals surface area contributed by atoms with Gasteiger partial charge in [0.1, 0.15) is 0 Å². The number of allylic oxidation sites excluding steroid dienone is 4. The van der Waals surface area contributed by atoms with Crippen molar-refractivity contribution in [1.82, 2.24) is 27.4 Å². The molecule has 2 heterocycles. The van der Waals surface area contributed by atoms with Gasteiger partial charge in [-0.2, -0.15) is 0 Å². The lowest BCUT2D eigenvalue weighted by Crippen LogP contribution is -2.62. The number of hydrogen-bond donors (Lipinski definition) is 0. The number of rotatable bonds is 12. The second-order valence-corrected chi connectivity index (χ2v) is 9.77. The Morgan fingerprint density at radius 1 is 0.486 bits per heavy atom. The van der Waals surface area contributed by atoms with Crippen LogP contribution in [0.2, 0.25) is 0 Å². The molecule has 0 aromatic carbocycles. The normalized spacial score (nSPS) is 11.8. The summed E-state index contributed by atoms with van der Waals surface area (Å²) < 4.78 is 5.35. The molecular weight excluding hydrogens is 480 g/mol. The summed E-state index contributed by atoms with van der Waals surface area (Å²) in [7, 11) is 0. The molecule has 37 heavy (non-hydrogen) atoms. The molecule has 0 N–H and O–H groups in total. The van der Waals surface area contributed by atoms with Gasteiger partial charge in [0, 0.05) is 0 Å². The van der Waals surface area contributed by atoms with Gasteiger partial charge in [-0.25, -0.2) is 56.2 Å². The van der Waals surface area contributed by atoms with Crippen LogP contribution in [-0.2, 0) is 37.3 Å². The predicted molar refractivity (Wildman–Crippen MR) is 142 cm³/mol. The molecule has 2 aromatic heterocycles. The van der Waals surface area contributed by atoms with E-state index in [-0.39, 0.29) is 32.6 Å². The van der Waals surface area contributed by atoms with Crippen LogP contribution in [0.3, 0.4) is 0 Å². The fourth-order valence-electron chi connectivity index (χ4n) is 4.66. The Labute approximate surface area is 212 Å². The van der Waals surface area contributed by atoms with Gasteiger partial charge in [0.05, 0.1) is 37.3 Å². The Hall–Kier alpha value is -4.22. The second-order valence-electron chi connectivity index (χ2n) is 9.77. The van der Waals surface area contributed by atoms with Gasteiger partial charge in [0.15, 0.2) is 0 Å². The van der Waals surface area contributed by atoms with E-state index < -0.39 is 45.2 Å². The summed E-state index contributed by atoms with van der Waals surface area (Å²) >= 11 is 0. The van der Waals surface area contributed by atoms with Crippen LogP contribution >= 0.6 is 0 Å². The van der Waals surface area contributed by atoms with Crippen molar-refractivity contribution < 1.29 is 0 Å². The maximum Gasteiger partial charge on any atom is 0.337 e. The Balaban J connectivity index is 2.89. The van der Waals surface area contributed by atoms with E-state index >= 15 is 0 Å². The molecule has 2 aromatic rings. The molecule has 0 saturated carbocycles. The van der Waals surface area contributed by atoms with Gasteiger partial charge < -0.3 is 0 Å². The van der Waals surface area contributed by atoms with E-state index in [1.165, 1.54) is 24.3 Å². The van der Waals surface area contributed by atoms with Crippen molar-refractivity contribution >= 4 is 0 Å². The van der Waals surface area contributed by atoms with Crippen LogP contribution in [0.15, 0.2) is 79.4 Å². The average molecular weight is 515 g/mol. The van der Waals surface area contributed by atoms with E-state index in [1.807, 2.05) is 0 Å². The lowest BCUT2D eigenvalue weighted by atomic mass is 9.86. The standard InChI is InChI=1S/C25H34N6O6/c1-9-13-26-18(32)27(14-10-2)21(35)30(20(26)34)24(5,6)17-25(7,8)31-22(36)28(15-11-3)19(33)29(16-12-4)23(31)37/h9-12H,1-4,13-17H2,5-8H3. The van der Waals surface area contributed by atoms with E-state index in [2.05, 4.69) is 26.3 Å². The highest BCUT2D eigenvalue weighted by Crippen LogP contribution is 2.28. The molecule has 0 fully saturated rings. The van der Waals surface area contributed by atoms with Gasteiger partial charge in [0.2, 0.25) is 0 Å². The Morgan fingerprint density at radius 2 is 0.703 bits per heavy atom. The van der Waals surface area contributed by atoms with E-state index in [4.69, 9.17) is 0 Å². The summed E-state index contributed by atoms with van der Waals surface area (Å²) in [5, 5.41) is 0. The monoisotopic (exact) mass is 514 g/mol. The van der Waals surface area contributed by atoms with Crippen LogP contribution in [-0.4, -0.2) is 27.4 Å². The lowest BCUT2D eigenvalue weighted by Gasteiger charge is -2.37. The van der Waals surface area contributed by atoms with Gasteiger partial charge in [-0.05, 0) is 34.1 Å². The molecule has 200 valence electrons. The van der Waals surface area contributed by atoms with Gasteiger partial charge >= 0.3 is 34.1 Å². The first-order valence-corrected chi connectivity index (χ1v) is 11.6. The quantitative estimate of drug-likeness (QED) is 0.365. The lowest BCUT2D eigenvalue weighted by molar-refractivity contribution is 0.166. The van der Waals surface area contributed by atoms with Crippen molar-refractivity contribution in [2.45, 2.75) is 71.4 Å². The largest absolute Gasteiger partial charge is 0.337 e. The zero-order valence-electron chi connectivity index (χ0n) is 21.8. The van der Waals surface area contributed by atoms with Gasteiger partial charge in [-0.3, -0.25) is 0 Å². The summed E-state index contributed by atoms with van der Waals surface area (Å²) in [5.74, 6) is 0. The minimum atomic E-state index is -1.30. The highest BCUT2D eigenvalue weighted by Gasteiger charge is 2.37. The van der Waals surface area contributed by atoms with Crippen molar-refractivity contribution in [2.24, 2.45) is 0 Å². The fraction of sp³-hybridized carbons (Fsp3) is 0.440. The Morgan fingerprint density at radius 3 is 0.892 bits per heavy atom. The summed E-state index contributed by atoms with van der Waals surface area (Å²) in [6.07, 6.45) is 5.36. The maximum atomic E-state index is 13.3. The van der Waals surface area contributed by atoms with Crippen LogP contribution in [0, 0.1) is 0 Å². The molecule has 0 radical (unpaired) electrons. The van der Waals surface area contributed by atoms with Crippen LogP contribution < -0.4 is 34.1 Å². The summed E-state index contributed by atoms with van der Waals surface area (Å²) in [5.41, 5.74) is -7.64. The number of aromatic nitrogens is 6. The first-order chi connectivity index (χ1) is 17.2. The third-order valence-electron chi connectivity index (χ3n) is 5.93. The molecule has 2 rings (SSSR count). The average Bonchev–Trinajstić information content (AvgIpc) is 2.79. The highest BCUT2D eigenvalue weighted by atomic mass is 16.2. The van der Waals surface area contributed by atoms with E-state index in [1.54, 1.807) is 27.7 Å². The third-order valence-corrected chi connectivity index (χ3v) is 5.93. The first-order valence-electron chi connectivity index (χ1n) is 11.6. The van der Waals surface area contributed by atoms with Crippen LogP contribution in [0.5, 0.6) is 0 Å². The van der Waals surface area contributed by atoms with E-state index in [0.717, 1.165) is 27.4 Å². The van der Waals surface area contributed by atoms with E-state index in [0.29, 0.717) is 0 Å². The fourth-order valence-corrected chi connectivity index (χ4v) is 4.66. The molecule has 12 nitrogen and oxygen atoms in total. The van der Waals surface area contributed by atoms with Crippen LogP contribution in [0.25, 0.3) is 0 Å². The molecule has 0 spiro atoms. The molecule has 0 aliphatic rings. The molecule has 0 aliphatic carbocycles. The molecule has 0 saturated heterocycles. The first kappa shape index (κ1) is 29.0. The number of nitrogens with zero attached hydrogens (tertiary/aromatic N) is 6. The zero-order chi connectivity index (χ0) is 28.3. The van der Waals surface area contributed by atoms with Crippen LogP contribution in [0.4, 0.5) is 0 Å². The molecular formula is C25H34N6O6. The van der Waals surface area contributed by atoms with Crippen molar-refractivity contribution in [3.8, 4) is 0 Å². The van der Waals surface area contributed by atoms with Gasteiger partial charge in [0.25, 0.3) is 0 Å². The second kappa shape index (κ2) is 10.8. The van der Waals surface area contributed by atoms with E-state index in [9.17, 15) is 28.8 Å². The van der Waals surface area contributed by atoms with Gasteiger partial charge in [-0.15, -0.1) is 26.3 Å².